The van der Waals surface area contributed by atoms with Crippen molar-refractivity contribution < 1.29 is 14.4 Å². The third-order valence-corrected chi connectivity index (χ3v) is 6.75. The summed E-state index contributed by atoms with van der Waals surface area (Å²) in [5.74, 6) is 0.0815. The summed E-state index contributed by atoms with van der Waals surface area (Å²) in [6, 6.07) is 14.6. The van der Waals surface area contributed by atoms with E-state index in [9.17, 15) is 14.4 Å². The first-order chi connectivity index (χ1) is 16.4. The number of anilines is 1. The van der Waals surface area contributed by atoms with E-state index in [1.165, 1.54) is 12.8 Å². The van der Waals surface area contributed by atoms with E-state index in [1.807, 2.05) is 43.0 Å². The Hall–Kier alpha value is -3.15. The molecule has 0 radical (unpaired) electrons. The highest BCUT2D eigenvalue weighted by atomic mass is 16.2. The van der Waals surface area contributed by atoms with E-state index in [2.05, 4.69) is 5.32 Å². The number of carbonyl (C=O) groups is 3. The third-order valence-electron chi connectivity index (χ3n) is 6.75. The van der Waals surface area contributed by atoms with Gasteiger partial charge >= 0.3 is 0 Å². The van der Waals surface area contributed by atoms with E-state index in [0.717, 1.165) is 37.1 Å². The molecular formula is C28H35N3O3. The monoisotopic (exact) mass is 461 g/mol. The molecular weight excluding hydrogens is 426 g/mol. The van der Waals surface area contributed by atoms with Gasteiger partial charge in [-0.3, -0.25) is 14.4 Å². The molecule has 3 amide bonds. The minimum absolute atomic E-state index is 0.00282. The molecule has 1 unspecified atom stereocenters. The van der Waals surface area contributed by atoms with Crippen LogP contribution in [0.5, 0.6) is 0 Å². The maximum absolute atomic E-state index is 13.3. The van der Waals surface area contributed by atoms with Crippen LogP contribution in [0.1, 0.15) is 67.4 Å². The van der Waals surface area contributed by atoms with Crippen LogP contribution < -0.4 is 5.32 Å². The topological polar surface area (TPSA) is 69.7 Å². The fourth-order valence-electron chi connectivity index (χ4n) is 4.86. The van der Waals surface area contributed by atoms with E-state index in [4.69, 9.17) is 0 Å². The second kappa shape index (κ2) is 10.9. The number of hydrogen-bond donors (Lipinski definition) is 1. The van der Waals surface area contributed by atoms with Gasteiger partial charge in [0.2, 0.25) is 11.8 Å². The van der Waals surface area contributed by atoms with Crippen molar-refractivity contribution in [2.45, 2.75) is 65.0 Å². The third kappa shape index (κ3) is 5.66. The van der Waals surface area contributed by atoms with Gasteiger partial charge in [-0.15, -0.1) is 0 Å². The average Bonchev–Trinajstić information content (AvgIpc) is 3.12. The molecule has 180 valence electrons. The molecule has 1 N–H and O–H groups in total. The highest BCUT2D eigenvalue weighted by Crippen LogP contribution is 2.26. The summed E-state index contributed by atoms with van der Waals surface area (Å²) in [5, 5.41) is 2.98. The number of rotatable bonds is 5. The molecule has 4 rings (SSSR count). The van der Waals surface area contributed by atoms with Crippen molar-refractivity contribution in [3.8, 4) is 0 Å². The van der Waals surface area contributed by atoms with E-state index in [-0.39, 0.29) is 23.6 Å². The predicted octanol–water partition coefficient (Wildman–Crippen LogP) is 4.64. The Morgan fingerprint density at radius 2 is 1.56 bits per heavy atom. The van der Waals surface area contributed by atoms with Crippen LogP contribution >= 0.6 is 0 Å². The lowest BCUT2D eigenvalue weighted by Gasteiger charge is -2.36. The molecule has 2 heterocycles. The Balaban J connectivity index is 1.46. The number of benzene rings is 2. The van der Waals surface area contributed by atoms with Gasteiger partial charge in [0.15, 0.2) is 0 Å². The predicted molar refractivity (Wildman–Crippen MR) is 133 cm³/mol. The van der Waals surface area contributed by atoms with Crippen LogP contribution in [0.25, 0.3) is 0 Å². The summed E-state index contributed by atoms with van der Waals surface area (Å²) in [5.41, 5.74) is 3.47. The molecule has 34 heavy (non-hydrogen) atoms. The summed E-state index contributed by atoms with van der Waals surface area (Å²) in [6.07, 6.45) is 5.37. The highest BCUT2D eigenvalue weighted by molar-refractivity contribution is 5.99. The summed E-state index contributed by atoms with van der Waals surface area (Å²) >= 11 is 0. The zero-order valence-corrected chi connectivity index (χ0v) is 20.3. The van der Waals surface area contributed by atoms with Crippen LogP contribution in [0.2, 0.25) is 0 Å². The SMILES string of the molecule is CC(C)CC(=O)N1Cc2ccccc2CC1C(=O)Nc1ccc(C(=O)N2CCCCCC2)cc1. The molecule has 2 aliphatic rings. The Morgan fingerprint density at radius 3 is 2.21 bits per heavy atom. The van der Waals surface area contributed by atoms with Gasteiger partial charge in [0.1, 0.15) is 6.04 Å². The second-order valence-electron chi connectivity index (χ2n) is 9.88. The molecule has 2 aliphatic heterocycles. The Bertz CT molecular complexity index is 1020. The van der Waals surface area contributed by atoms with Crippen LogP contribution in [-0.4, -0.2) is 46.7 Å². The van der Waals surface area contributed by atoms with E-state index < -0.39 is 6.04 Å². The van der Waals surface area contributed by atoms with Gasteiger partial charge in [-0.25, -0.2) is 0 Å². The lowest BCUT2D eigenvalue weighted by Crippen LogP contribution is -2.50. The van der Waals surface area contributed by atoms with Gasteiger partial charge in [0.05, 0.1) is 0 Å². The Kier molecular flexibility index (Phi) is 7.66. The fraction of sp³-hybridized carbons (Fsp3) is 0.464. The lowest BCUT2D eigenvalue weighted by atomic mass is 9.92. The number of fused-ring (bicyclic) bond motifs is 1. The number of likely N-dealkylation sites (tertiary alicyclic amines) is 1. The van der Waals surface area contributed by atoms with Crippen LogP contribution in [0.15, 0.2) is 48.5 Å². The van der Waals surface area contributed by atoms with Crippen molar-refractivity contribution in [3.05, 3.63) is 65.2 Å². The maximum Gasteiger partial charge on any atom is 0.253 e. The van der Waals surface area contributed by atoms with E-state index in [1.54, 1.807) is 29.2 Å². The zero-order chi connectivity index (χ0) is 24.1. The number of nitrogens with one attached hydrogen (secondary N) is 1. The molecule has 6 heteroatoms. The van der Waals surface area contributed by atoms with Gasteiger partial charge < -0.3 is 15.1 Å². The first-order valence-corrected chi connectivity index (χ1v) is 12.5. The standard InChI is InChI=1S/C28H35N3O3/c1-20(2)17-26(32)31-19-23-10-6-5-9-22(23)18-25(31)27(33)29-24-13-11-21(12-14-24)28(34)30-15-7-3-4-8-16-30/h5-6,9-14,20,25H,3-4,7-8,15-19H2,1-2H3,(H,29,33). The van der Waals surface area contributed by atoms with Gasteiger partial charge in [0, 0.05) is 43.7 Å². The van der Waals surface area contributed by atoms with Crippen LogP contribution in [0.3, 0.4) is 0 Å². The van der Waals surface area contributed by atoms with Crippen molar-refractivity contribution in [2.75, 3.05) is 18.4 Å². The smallest absolute Gasteiger partial charge is 0.253 e. The molecule has 6 nitrogen and oxygen atoms in total. The lowest BCUT2D eigenvalue weighted by molar-refractivity contribution is -0.140. The number of carbonyl (C=O) groups excluding carboxylic acids is 3. The fourth-order valence-corrected chi connectivity index (χ4v) is 4.86. The van der Waals surface area contributed by atoms with Gasteiger partial charge in [-0.05, 0) is 54.2 Å². The molecule has 1 atom stereocenters. The highest BCUT2D eigenvalue weighted by Gasteiger charge is 2.34. The quantitative estimate of drug-likeness (QED) is 0.705. The molecule has 1 fully saturated rings. The Labute approximate surface area is 202 Å². The number of nitrogens with zero attached hydrogens (tertiary/aromatic N) is 2. The molecule has 0 spiro atoms. The van der Waals surface area contributed by atoms with Crippen molar-refractivity contribution in [2.24, 2.45) is 5.92 Å². The van der Waals surface area contributed by atoms with Crippen molar-refractivity contribution in [1.29, 1.82) is 0 Å². The summed E-state index contributed by atoms with van der Waals surface area (Å²) in [6.45, 7) is 6.09. The van der Waals surface area contributed by atoms with Gasteiger partial charge in [-0.2, -0.15) is 0 Å². The van der Waals surface area contributed by atoms with E-state index >= 15 is 0 Å². The molecule has 2 aromatic carbocycles. The minimum Gasteiger partial charge on any atom is -0.339 e. The molecule has 2 aromatic rings. The number of amides is 3. The number of hydrogen-bond acceptors (Lipinski definition) is 3. The summed E-state index contributed by atoms with van der Waals surface area (Å²) in [7, 11) is 0. The molecule has 0 saturated carbocycles. The second-order valence-corrected chi connectivity index (χ2v) is 9.88. The molecule has 0 aromatic heterocycles. The molecule has 1 saturated heterocycles. The largest absolute Gasteiger partial charge is 0.339 e. The molecule has 0 bridgehead atoms. The van der Waals surface area contributed by atoms with Gasteiger partial charge in [0.25, 0.3) is 5.91 Å². The zero-order valence-electron chi connectivity index (χ0n) is 20.3. The summed E-state index contributed by atoms with van der Waals surface area (Å²) in [4.78, 5) is 42.8. The van der Waals surface area contributed by atoms with Gasteiger partial charge in [-0.1, -0.05) is 51.0 Å². The normalized spacial score (nSPS) is 18.3. The van der Waals surface area contributed by atoms with Crippen molar-refractivity contribution in [1.82, 2.24) is 9.80 Å². The van der Waals surface area contributed by atoms with Crippen LogP contribution in [0.4, 0.5) is 5.69 Å². The van der Waals surface area contributed by atoms with Crippen LogP contribution in [-0.2, 0) is 22.6 Å². The average molecular weight is 462 g/mol. The first-order valence-electron chi connectivity index (χ1n) is 12.5. The van der Waals surface area contributed by atoms with E-state index in [0.29, 0.717) is 30.6 Å². The first kappa shape index (κ1) is 24.0. The molecule has 0 aliphatic carbocycles. The van der Waals surface area contributed by atoms with Crippen molar-refractivity contribution in [3.63, 3.8) is 0 Å². The Morgan fingerprint density at radius 1 is 0.912 bits per heavy atom. The van der Waals surface area contributed by atoms with Crippen molar-refractivity contribution >= 4 is 23.4 Å². The maximum atomic E-state index is 13.3. The minimum atomic E-state index is -0.556. The van der Waals surface area contributed by atoms with Crippen LogP contribution in [0, 0.1) is 5.92 Å². The summed E-state index contributed by atoms with van der Waals surface area (Å²) < 4.78 is 0.